The largest absolute Gasteiger partial charge is 0.393 e. The molecule has 3 heteroatoms. The van der Waals surface area contributed by atoms with Crippen LogP contribution in [0.3, 0.4) is 0 Å². The SMILES string of the molecule is CC(C)(O)[C@H]1CC[C@@]2(C)[C@@H]1CC[C@]1(C)[C@@H]2C[C@@H](O)[C@@H]2[C@@]3(C)[C@@H](O)CCC(C)(C)[C@@H]3CC[C@]21C. The van der Waals surface area contributed by atoms with Crippen LogP contribution in [-0.2, 0) is 0 Å². The van der Waals surface area contributed by atoms with E-state index in [0.29, 0.717) is 23.7 Å². The fourth-order valence-corrected chi connectivity index (χ4v) is 12.0. The van der Waals surface area contributed by atoms with Crippen molar-refractivity contribution in [3.8, 4) is 0 Å². The van der Waals surface area contributed by atoms with Crippen molar-refractivity contribution < 1.29 is 15.3 Å². The van der Waals surface area contributed by atoms with Crippen LogP contribution in [0.15, 0.2) is 0 Å². The average molecular weight is 461 g/mol. The fraction of sp³-hybridized carbons (Fsp3) is 1.00. The van der Waals surface area contributed by atoms with Gasteiger partial charge in [-0.15, -0.1) is 0 Å². The summed E-state index contributed by atoms with van der Waals surface area (Å²) in [6.45, 7) is 18.8. The second-order valence-electron chi connectivity index (χ2n) is 15.6. The molecule has 5 aliphatic rings. The molecule has 0 heterocycles. The summed E-state index contributed by atoms with van der Waals surface area (Å²) in [5, 5.41) is 34.5. The molecule has 5 aliphatic carbocycles. The van der Waals surface area contributed by atoms with E-state index in [1.165, 1.54) is 32.1 Å². The van der Waals surface area contributed by atoms with Gasteiger partial charge in [-0.3, -0.25) is 0 Å². The van der Waals surface area contributed by atoms with Gasteiger partial charge in [-0.25, -0.2) is 0 Å². The molecular weight excluding hydrogens is 408 g/mol. The molecule has 0 aliphatic heterocycles. The Morgan fingerprint density at radius 1 is 0.727 bits per heavy atom. The lowest BCUT2D eigenvalue weighted by atomic mass is 9.31. The Morgan fingerprint density at radius 3 is 2.00 bits per heavy atom. The van der Waals surface area contributed by atoms with Crippen molar-refractivity contribution in [2.45, 2.75) is 131 Å². The minimum Gasteiger partial charge on any atom is -0.393 e. The molecule has 190 valence electrons. The zero-order chi connectivity index (χ0) is 24.4. The van der Waals surface area contributed by atoms with E-state index in [-0.39, 0.29) is 45.2 Å². The second kappa shape index (κ2) is 7.00. The third-order valence-corrected chi connectivity index (χ3v) is 13.7. The fourth-order valence-electron chi connectivity index (χ4n) is 12.0. The zero-order valence-electron chi connectivity index (χ0n) is 22.7. The molecule has 0 bridgehead atoms. The Kier molecular flexibility index (Phi) is 5.21. The third kappa shape index (κ3) is 2.91. The molecule has 0 aromatic rings. The van der Waals surface area contributed by atoms with Gasteiger partial charge in [-0.1, -0.05) is 41.5 Å². The van der Waals surface area contributed by atoms with E-state index < -0.39 is 5.60 Å². The van der Waals surface area contributed by atoms with Crippen molar-refractivity contribution in [2.75, 3.05) is 0 Å². The molecule has 5 saturated carbocycles. The van der Waals surface area contributed by atoms with Gasteiger partial charge < -0.3 is 15.3 Å². The monoisotopic (exact) mass is 460 g/mol. The topological polar surface area (TPSA) is 60.7 Å². The van der Waals surface area contributed by atoms with Crippen molar-refractivity contribution in [2.24, 2.45) is 56.7 Å². The molecule has 33 heavy (non-hydrogen) atoms. The first kappa shape index (κ1) is 24.6. The maximum Gasteiger partial charge on any atom is 0.0622 e. The summed E-state index contributed by atoms with van der Waals surface area (Å²) in [5.74, 6) is 2.03. The smallest absolute Gasteiger partial charge is 0.0622 e. The Hall–Kier alpha value is -0.120. The summed E-state index contributed by atoms with van der Waals surface area (Å²) in [7, 11) is 0. The molecular formula is C30H52O3. The highest BCUT2D eigenvalue weighted by Gasteiger charge is 2.73. The van der Waals surface area contributed by atoms with E-state index in [4.69, 9.17) is 0 Å². The summed E-state index contributed by atoms with van der Waals surface area (Å²) >= 11 is 0. The average Bonchev–Trinajstić information content (AvgIpc) is 3.04. The second-order valence-corrected chi connectivity index (χ2v) is 15.6. The summed E-state index contributed by atoms with van der Waals surface area (Å²) in [6, 6.07) is 0. The van der Waals surface area contributed by atoms with Gasteiger partial charge in [0.2, 0.25) is 0 Å². The zero-order valence-corrected chi connectivity index (χ0v) is 22.7. The van der Waals surface area contributed by atoms with Gasteiger partial charge in [0, 0.05) is 5.41 Å². The lowest BCUT2D eigenvalue weighted by molar-refractivity contribution is -0.292. The molecule has 3 N–H and O–H groups in total. The van der Waals surface area contributed by atoms with Crippen LogP contribution in [-0.4, -0.2) is 33.1 Å². The molecule has 0 radical (unpaired) electrons. The van der Waals surface area contributed by atoms with Crippen LogP contribution in [0.4, 0.5) is 0 Å². The van der Waals surface area contributed by atoms with Gasteiger partial charge in [-0.05, 0) is 123 Å². The third-order valence-electron chi connectivity index (χ3n) is 13.7. The predicted molar refractivity (Wildman–Crippen MR) is 134 cm³/mol. The van der Waals surface area contributed by atoms with Gasteiger partial charge in [-0.2, -0.15) is 0 Å². The van der Waals surface area contributed by atoms with Crippen molar-refractivity contribution in [1.29, 1.82) is 0 Å². The van der Waals surface area contributed by atoms with E-state index in [2.05, 4.69) is 41.5 Å². The van der Waals surface area contributed by atoms with Crippen molar-refractivity contribution >= 4 is 0 Å². The Balaban J connectivity index is 1.58. The first-order chi connectivity index (χ1) is 15.0. The quantitative estimate of drug-likeness (QED) is 0.437. The van der Waals surface area contributed by atoms with Gasteiger partial charge in [0.15, 0.2) is 0 Å². The summed E-state index contributed by atoms with van der Waals surface area (Å²) in [6.07, 6.45) is 9.21. The van der Waals surface area contributed by atoms with Crippen LogP contribution < -0.4 is 0 Å². The van der Waals surface area contributed by atoms with Crippen molar-refractivity contribution in [1.82, 2.24) is 0 Å². The Bertz CT molecular complexity index is 799. The van der Waals surface area contributed by atoms with E-state index >= 15 is 0 Å². The predicted octanol–water partition coefficient (Wildman–Crippen LogP) is 6.19. The minimum atomic E-state index is -0.626. The number of aliphatic hydroxyl groups excluding tert-OH is 2. The molecule has 0 aromatic heterocycles. The lowest BCUT2D eigenvalue weighted by Gasteiger charge is -2.74. The lowest BCUT2D eigenvalue weighted by Crippen LogP contribution is -2.71. The molecule has 0 saturated heterocycles. The molecule has 5 rings (SSSR count). The molecule has 0 aromatic carbocycles. The minimum absolute atomic E-state index is 0.0375. The first-order valence-electron chi connectivity index (χ1n) is 14.1. The molecule has 3 nitrogen and oxygen atoms in total. The van der Waals surface area contributed by atoms with E-state index in [9.17, 15) is 15.3 Å². The number of aliphatic hydroxyl groups is 3. The highest BCUT2D eigenvalue weighted by atomic mass is 16.3. The molecule has 11 atom stereocenters. The number of fused-ring (bicyclic) bond motifs is 7. The van der Waals surface area contributed by atoms with Crippen LogP contribution in [0, 0.1) is 56.7 Å². The Morgan fingerprint density at radius 2 is 1.36 bits per heavy atom. The molecule has 5 fully saturated rings. The maximum atomic E-state index is 12.0. The summed E-state index contributed by atoms with van der Waals surface area (Å²) in [4.78, 5) is 0. The van der Waals surface area contributed by atoms with Crippen molar-refractivity contribution in [3.63, 3.8) is 0 Å². The summed E-state index contributed by atoms with van der Waals surface area (Å²) in [5.41, 5.74) is -0.219. The van der Waals surface area contributed by atoms with Crippen LogP contribution in [0.1, 0.15) is 113 Å². The molecule has 0 spiro atoms. The highest BCUT2D eigenvalue weighted by Crippen LogP contribution is 2.78. The van der Waals surface area contributed by atoms with Gasteiger partial charge in [0.05, 0.1) is 17.8 Å². The van der Waals surface area contributed by atoms with E-state index in [0.717, 1.165) is 25.7 Å². The van der Waals surface area contributed by atoms with Crippen LogP contribution in [0.5, 0.6) is 0 Å². The van der Waals surface area contributed by atoms with Gasteiger partial charge in [0.25, 0.3) is 0 Å². The number of rotatable bonds is 1. The van der Waals surface area contributed by atoms with E-state index in [1.807, 2.05) is 13.8 Å². The normalized spacial score (nSPS) is 58.1. The Labute approximate surface area is 203 Å². The number of hydrogen-bond acceptors (Lipinski definition) is 3. The molecule has 0 unspecified atom stereocenters. The van der Waals surface area contributed by atoms with Crippen molar-refractivity contribution in [3.05, 3.63) is 0 Å². The van der Waals surface area contributed by atoms with Crippen LogP contribution in [0.25, 0.3) is 0 Å². The highest BCUT2D eigenvalue weighted by molar-refractivity contribution is 5.22. The summed E-state index contributed by atoms with van der Waals surface area (Å²) < 4.78 is 0. The standard InChI is InChI=1S/C30H52O3/c1-25(2)13-12-23(32)30(8)21(25)11-16-29(7)24(30)20(31)17-22-27(5)14-9-18(26(3,4)33)19(27)10-15-28(22,29)6/h18-24,31-33H,9-17H2,1-8H3/t18-,19+,20+,21-,22+,23-,24-,27-,28+,29+,30+/m0/s1. The van der Waals surface area contributed by atoms with Crippen LogP contribution >= 0.6 is 0 Å². The maximum absolute atomic E-state index is 12.0. The first-order valence-corrected chi connectivity index (χ1v) is 14.1. The molecule has 0 amide bonds. The van der Waals surface area contributed by atoms with Gasteiger partial charge in [0.1, 0.15) is 0 Å². The van der Waals surface area contributed by atoms with Crippen LogP contribution in [0.2, 0.25) is 0 Å². The van der Waals surface area contributed by atoms with Gasteiger partial charge >= 0.3 is 0 Å². The van der Waals surface area contributed by atoms with E-state index in [1.54, 1.807) is 0 Å². The number of hydrogen-bond donors (Lipinski definition) is 3.